The molecule has 0 spiro atoms. The molecule has 134 valence electrons. The largest absolute Gasteiger partial charge is 0.480 e. The van der Waals surface area contributed by atoms with Gasteiger partial charge in [0.05, 0.1) is 0 Å². The second kappa shape index (κ2) is 7.98. The zero-order chi connectivity index (χ0) is 18.7. The van der Waals surface area contributed by atoms with Crippen LogP contribution in [-0.2, 0) is 9.59 Å². The van der Waals surface area contributed by atoms with Crippen LogP contribution in [0.2, 0.25) is 5.02 Å². The molecule has 2 aromatic rings. The van der Waals surface area contributed by atoms with Crippen molar-refractivity contribution in [1.29, 1.82) is 0 Å². The van der Waals surface area contributed by atoms with Gasteiger partial charge in [-0.15, -0.1) is 11.8 Å². The van der Waals surface area contributed by atoms with Crippen molar-refractivity contribution in [3.63, 3.8) is 0 Å². The van der Waals surface area contributed by atoms with Crippen LogP contribution >= 0.6 is 23.4 Å². The molecule has 1 amide bonds. The number of rotatable bonds is 5. The number of aliphatic carboxylic acids is 1. The summed E-state index contributed by atoms with van der Waals surface area (Å²) in [5, 5.41) is 9.64. The van der Waals surface area contributed by atoms with Crippen molar-refractivity contribution in [3.8, 4) is 0 Å². The minimum Gasteiger partial charge on any atom is -0.480 e. The molecule has 1 N–H and O–H groups in total. The Morgan fingerprint density at radius 3 is 2.23 bits per heavy atom. The standard InChI is InChI=1S/C20H18ClNO3S/c1-26-16-8-4-14(5-9-16)19(13-2-6-15(21)7-3-13)17-10-11-22(20(17)25)12-18(23)24/h2-9H,10-12H2,1H3,(H,23,24). The molecule has 0 saturated carbocycles. The fraction of sp³-hybridized carbons (Fsp3) is 0.200. The van der Waals surface area contributed by atoms with Crippen molar-refractivity contribution in [2.75, 3.05) is 19.3 Å². The quantitative estimate of drug-likeness (QED) is 0.617. The number of halogens is 1. The van der Waals surface area contributed by atoms with Gasteiger partial charge in [-0.3, -0.25) is 9.59 Å². The molecule has 0 unspecified atom stereocenters. The Hall–Kier alpha value is -2.24. The maximum atomic E-state index is 12.8. The third-order valence-corrected chi connectivity index (χ3v) is 5.31. The fourth-order valence-electron chi connectivity index (χ4n) is 3.08. The lowest BCUT2D eigenvalue weighted by Crippen LogP contribution is -2.31. The Bertz CT molecular complexity index is 860. The molecule has 0 bridgehead atoms. The predicted molar refractivity (Wildman–Crippen MR) is 105 cm³/mol. The third-order valence-electron chi connectivity index (χ3n) is 4.32. The van der Waals surface area contributed by atoms with E-state index in [1.165, 1.54) is 4.90 Å². The van der Waals surface area contributed by atoms with Crippen LogP contribution in [0.3, 0.4) is 0 Å². The highest BCUT2D eigenvalue weighted by molar-refractivity contribution is 7.98. The van der Waals surface area contributed by atoms with Gasteiger partial charge in [-0.2, -0.15) is 0 Å². The van der Waals surface area contributed by atoms with Crippen LogP contribution in [0.1, 0.15) is 17.5 Å². The topological polar surface area (TPSA) is 57.6 Å². The van der Waals surface area contributed by atoms with E-state index in [0.717, 1.165) is 21.6 Å². The van der Waals surface area contributed by atoms with Gasteiger partial charge in [-0.25, -0.2) is 0 Å². The molecular weight excluding hydrogens is 370 g/mol. The first kappa shape index (κ1) is 18.5. The van der Waals surface area contributed by atoms with E-state index < -0.39 is 5.97 Å². The van der Waals surface area contributed by atoms with Crippen LogP contribution in [0, 0.1) is 0 Å². The number of carbonyl (C=O) groups excluding carboxylic acids is 1. The van der Waals surface area contributed by atoms with Crippen LogP contribution in [0.4, 0.5) is 0 Å². The molecule has 4 nitrogen and oxygen atoms in total. The van der Waals surface area contributed by atoms with Crippen molar-refractivity contribution < 1.29 is 14.7 Å². The molecule has 0 aliphatic carbocycles. The van der Waals surface area contributed by atoms with Gasteiger partial charge in [0.1, 0.15) is 6.54 Å². The number of hydrogen-bond acceptors (Lipinski definition) is 3. The van der Waals surface area contributed by atoms with Crippen LogP contribution in [0.15, 0.2) is 59.0 Å². The molecule has 1 aliphatic heterocycles. The Kier molecular flexibility index (Phi) is 5.69. The van der Waals surface area contributed by atoms with Gasteiger partial charge in [0, 0.05) is 22.0 Å². The molecule has 2 aromatic carbocycles. The Morgan fingerprint density at radius 1 is 1.12 bits per heavy atom. The summed E-state index contributed by atoms with van der Waals surface area (Å²) in [5.74, 6) is -1.22. The van der Waals surface area contributed by atoms with E-state index in [4.69, 9.17) is 16.7 Å². The number of likely N-dealkylation sites (tertiary alicyclic amines) is 1. The molecule has 1 aliphatic rings. The summed E-state index contributed by atoms with van der Waals surface area (Å²) in [6, 6.07) is 15.4. The normalized spacial score (nSPS) is 16.1. The Labute approximate surface area is 161 Å². The summed E-state index contributed by atoms with van der Waals surface area (Å²) in [6.07, 6.45) is 2.53. The number of hydrogen-bond donors (Lipinski definition) is 1. The zero-order valence-electron chi connectivity index (χ0n) is 14.2. The number of carboxylic acid groups (broad SMARTS) is 1. The van der Waals surface area contributed by atoms with Gasteiger partial charge >= 0.3 is 5.97 Å². The average Bonchev–Trinajstić information content (AvgIpc) is 2.97. The smallest absolute Gasteiger partial charge is 0.323 e. The van der Waals surface area contributed by atoms with E-state index in [1.807, 2.05) is 42.7 Å². The zero-order valence-corrected chi connectivity index (χ0v) is 15.8. The van der Waals surface area contributed by atoms with Crippen molar-refractivity contribution in [1.82, 2.24) is 4.90 Å². The number of carbonyl (C=O) groups is 2. The molecule has 3 rings (SSSR count). The van der Waals surface area contributed by atoms with E-state index in [-0.39, 0.29) is 12.5 Å². The average molecular weight is 388 g/mol. The SMILES string of the molecule is CSc1ccc(C(=C2CCN(CC(=O)O)C2=O)c2ccc(Cl)cc2)cc1. The van der Waals surface area contributed by atoms with Crippen LogP contribution < -0.4 is 0 Å². The molecule has 0 radical (unpaired) electrons. The lowest BCUT2D eigenvalue weighted by atomic mass is 9.92. The van der Waals surface area contributed by atoms with Gasteiger partial charge in [0.2, 0.25) is 0 Å². The first-order valence-corrected chi connectivity index (χ1v) is 9.74. The van der Waals surface area contributed by atoms with E-state index in [1.54, 1.807) is 23.9 Å². The summed E-state index contributed by atoms with van der Waals surface area (Å²) in [6.45, 7) is 0.141. The number of benzene rings is 2. The second-order valence-electron chi connectivity index (χ2n) is 5.96. The Morgan fingerprint density at radius 2 is 1.69 bits per heavy atom. The third kappa shape index (κ3) is 3.94. The van der Waals surface area contributed by atoms with Gasteiger partial charge in [0.25, 0.3) is 5.91 Å². The van der Waals surface area contributed by atoms with E-state index >= 15 is 0 Å². The van der Waals surface area contributed by atoms with Crippen molar-refractivity contribution in [2.45, 2.75) is 11.3 Å². The molecule has 1 fully saturated rings. The highest BCUT2D eigenvalue weighted by atomic mass is 35.5. The first-order valence-electron chi connectivity index (χ1n) is 8.14. The molecule has 26 heavy (non-hydrogen) atoms. The number of thioether (sulfide) groups is 1. The molecule has 0 atom stereocenters. The minimum absolute atomic E-state index is 0.216. The predicted octanol–water partition coefficient (Wildman–Crippen LogP) is 4.18. The first-order chi connectivity index (χ1) is 12.5. The molecular formula is C20H18ClNO3S. The fourth-order valence-corrected chi connectivity index (χ4v) is 3.62. The van der Waals surface area contributed by atoms with E-state index in [0.29, 0.717) is 23.6 Å². The monoisotopic (exact) mass is 387 g/mol. The van der Waals surface area contributed by atoms with Gasteiger partial charge in [-0.05, 0) is 53.6 Å². The maximum absolute atomic E-state index is 12.8. The van der Waals surface area contributed by atoms with Crippen LogP contribution in [-0.4, -0.2) is 41.2 Å². The second-order valence-corrected chi connectivity index (χ2v) is 7.28. The van der Waals surface area contributed by atoms with Crippen LogP contribution in [0.25, 0.3) is 5.57 Å². The number of amides is 1. The van der Waals surface area contributed by atoms with Gasteiger partial charge in [-0.1, -0.05) is 35.9 Å². The summed E-state index contributed by atoms with van der Waals surface area (Å²) in [7, 11) is 0. The number of carboxylic acids is 1. The summed E-state index contributed by atoms with van der Waals surface area (Å²) in [4.78, 5) is 26.3. The lowest BCUT2D eigenvalue weighted by molar-refractivity contribution is -0.141. The molecule has 6 heteroatoms. The summed E-state index contributed by atoms with van der Waals surface area (Å²) < 4.78 is 0. The highest BCUT2D eigenvalue weighted by Crippen LogP contribution is 2.34. The van der Waals surface area contributed by atoms with Crippen molar-refractivity contribution in [3.05, 3.63) is 70.3 Å². The van der Waals surface area contributed by atoms with Gasteiger partial charge in [0.15, 0.2) is 0 Å². The number of nitrogens with zero attached hydrogens (tertiary/aromatic N) is 1. The molecule has 0 aromatic heterocycles. The van der Waals surface area contributed by atoms with Crippen molar-refractivity contribution in [2.24, 2.45) is 0 Å². The summed E-state index contributed by atoms with van der Waals surface area (Å²) in [5.41, 5.74) is 3.31. The van der Waals surface area contributed by atoms with E-state index in [2.05, 4.69) is 0 Å². The lowest BCUT2D eigenvalue weighted by Gasteiger charge is -2.15. The molecule has 1 heterocycles. The van der Waals surface area contributed by atoms with Crippen LogP contribution in [0.5, 0.6) is 0 Å². The Balaban J connectivity index is 2.09. The van der Waals surface area contributed by atoms with Gasteiger partial charge < -0.3 is 10.0 Å². The highest BCUT2D eigenvalue weighted by Gasteiger charge is 2.30. The minimum atomic E-state index is -1.00. The summed E-state index contributed by atoms with van der Waals surface area (Å²) >= 11 is 7.66. The van der Waals surface area contributed by atoms with Crippen molar-refractivity contribution >= 4 is 40.8 Å². The maximum Gasteiger partial charge on any atom is 0.323 e. The molecule has 1 saturated heterocycles. The van der Waals surface area contributed by atoms with E-state index in [9.17, 15) is 9.59 Å².